The number of benzene rings is 2. The van der Waals surface area contributed by atoms with Gasteiger partial charge in [0.1, 0.15) is 5.75 Å². The number of esters is 1. The number of nitrogens with one attached hydrogen (secondary N) is 1. The van der Waals surface area contributed by atoms with Gasteiger partial charge in [0, 0.05) is 29.7 Å². The fourth-order valence-corrected chi connectivity index (χ4v) is 6.99. The Kier molecular flexibility index (Phi) is 6.02. The lowest BCUT2D eigenvalue weighted by Gasteiger charge is -2.51. The summed E-state index contributed by atoms with van der Waals surface area (Å²) in [4.78, 5) is 19.5. The van der Waals surface area contributed by atoms with E-state index in [1.54, 1.807) is 7.11 Å². The van der Waals surface area contributed by atoms with Crippen molar-refractivity contribution >= 4 is 16.9 Å². The lowest BCUT2D eigenvalue weighted by molar-refractivity contribution is -0.165. The van der Waals surface area contributed by atoms with Gasteiger partial charge in [0.2, 0.25) is 0 Å². The first kappa shape index (κ1) is 22.6. The molecule has 2 aromatic carbocycles. The zero-order chi connectivity index (χ0) is 23.9. The zero-order valence-electron chi connectivity index (χ0n) is 20.5. The van der Waals surface area contributed by atoms with Gasteiger partial charge >= 0.3 is 5.97 Å². The largest absolute Gasteiger partial charge is 0.496 e. The lowest BCUT2D eigenvalue weighted by Crippen LogP contribution is -2.53. The molecule has 3 aromatic rings. The van der Waals surface area contributed by atoms with E-state index in [0.717, 1.165) is 55.6 Å². The van der Waals surface area contributed by atoms with E-state index in [4.69, 9.17) is 14.2 Å². The van der Waals surface area contributed by atoms with Crippen molar-refractivity contribution in [3.05, 3.63) is 65.4 Å². The second kappa shape index (κ2) is 9.32. The van der Waals surface area contributed by atoms with Gasteiger partial charge < -0.3 is 19.2 Å². The Hall–Kier alpha value is -2.83. The highest BCUT2D eigenvalue weighted by Gasteiger charge is 2.50. The second-order valence-corrected chi connectivity index (χ2v) is 10.3. The van der Waals surface area contributed by atoms with Crippen LogP contribution in [0.2, 0.25) is 0 Å². The number of methoxy groups -OCH3 is 2. The maximum atomic E-state index is 13.1. The molecule has 35 heavy (non-hydrogen) atoms. The van der Waals surface area contributed by atoms with Gasteiger partial charge in [-0.05, 0) is 60.8 Å². The molecular formula is C29H34N2O4. The molecule has 3 heterocycles. The summed E-state index contributed by atoms with van der Waals surface area (Å²) in [5.41, 5.74) is 4.94. The fraction of sp³-hybridized carbons (Fsp3) is 0.483. The van der Waals surface area contributed by atoms with E-state index in [9.17, 15) is 4.79 Å². The van der Waals surface area contributed by atoms with Crippen molar-refractivity contribution in [2.24, 2.45) is 17.8 Å². The van der Waals surface area contributed by atoms with Crippen molar-refractivity contribution in [2.45, 2.75) is 44.4 Å². The third-order valence-corrected chi connectivity index (χ3v) is 8.60. The molecule has 0 amide bonds. The van der Waals surface area contributed by atoms with Crippen molar-refractivity contribution in [2.75, 3.05) is 27.3 Å². The third-order valence-electron chi connectivity index (χ3n) is 8.60. The highest BCUT2D eigenvalue weighted by atomic mass is 16.5. The number of piperidine rings is 1. The number of carbonyl (C=O) groups is 1. The van der Waals surface area contributed by atoms with Gasteiger partial charge in [-0.3, -0.25) is 9.69 Å². The van der Waals surface area contributed by atoms with E-state index in [1.807, 2.05) is 30.3 Å². The first-order chi connectivity index (χ1) is 17.2. The summed E-state index contributed by atoms with van der Waals surface area (Å²) in [6.07, 6.45) is 3.85. The molecule has 2 aliphatic heterocycles. The molecule has 3 aliphatic rings. The van der Waals surface area contributed by atoms with E-state index in [0.29, 0.717) is 12.5 Å². The van der Waals surface area contributed by atoms with Gasteiger partial charge in [0.25, 0.3) is 0 Å². The summed E-state index contributed by atoms with van der Waals surface area (Å²) in [7, 11) is 3.26. The van der Waals surface area contributed by atoms with E-state index in [-0.39, 0.29) is 30.0 Å². The number of H-pyrrole nitrogens is 1. The van der Waals surface area contributed by atoms with Crippen LogP contribution in [0.5, 0.6) is 5.75 Å². The van der Waals surface area contributed by atoms with Crippen LogP contribution in [0, 0.1) is 17.8 Å². The first-order valence-corrected chi connectivity index (χ1v) is 12.8. The Morgan fingerprint density at radius 2 is 1.94 bits per heavy atom. The maximum Gasteiger partial charge on any atom is 0.311 e. The van der Waals surface area contributed by atoms with E-state index >= 15 is 0 Å². The standard InChI is InChI=1S/C29H34N2O4/c1-33-24-10-6-9-22-26(24)20-13-14-31-16-19-11-12-25(35-17-18-7-4-3-5-8-18)27(29(32)34-2)21(19)15-23(31)28(20)30-22/h3-10,19,21,23,25,27,30H,11-17H2,1-2H3/t19-,21+,23-,25-,27+/m1/s1. The second-order valence-electron chi connectivity index (χ2n) is 10.3. The van der Waals surface area contributed by atoms with Crippen molar-refractivity contribution in [1.82, 2.24) is 9.88 Å². The van der Waals surface area contributed by atoms with Gasteiger partial charge in [0.15, 0.2) is 0 Å². The molecule has 1 saturated heterocycles. The predicted molar refractivity (Wildman–Crippen MR) is 134 cm³/mol. The van der Waals surface area contributed by atoms with Crippen molar-refractivity contribution < 1.29 is 19.0 Å². The van der Waals surface area contributed by atoms with Gasteiger partial charge in [0.05, 0.1) is 38.9 Å². The predicted octanol–water partition coefficient (Wildman–Crippen LogP) is 4.88. The van der Waals surface area contributed by atoms with Gasteiger partial charge in [-0.1, -0.05) is 36.4 Å². The summed E-state index contributed by atoms with van der Waals surface area (Å²) < 4.78 is 17.4. The number of nitrogens with zero attached hydrogens (tertiary/aromatic N) is 1. The Morgan fingerprint density at radius 3 is 2.74 bits per heavy atom. The van der Waals surface area contributed by atoms with Crippen LogP contribution in [0.25, 0.3) is 10.9 Å². The number of ether oxygens (including phenoxy) is 3. The number of carbonyl (C=O) groups excluding carboxylic acids is 1. The number of hydrogen-bond donors (Lipinski definition) is 1. The van der Waals surface area contributed by atoms with E-state index in [1.165, 1.54) is 23.8 Å². The van der Waals surface area contributed by atoms with Crippen LogP contribution in [-0.2, 0) is 27.3 Å². The van der Waals surface area contributed by atoms with Crippen molar-refractivity contribution in [3.8, 4) is 5.75 Å². The molecule has 2 fully saturated rings. The normalized spacial score (nSPS) is 28.1. The molecule has 1 aromatic heterocycles. The fourth-order valence-electron chi connectivity index (χ4n) is 6.99. The van der Waals surface area contributed by atoms with Crippen LogP contribution in [-0.4, -0.2) is 49.3 Å². The van der Waals surface area contributed by atoms with E-state index < -0.39 is 0 Å². The molecule has 1 N–H and O–H groups in total. The number of fused-ring (bicyclic) bond motifs is 6. The Morgan fingerprint density at radius 1 is 1.09 bits per heavy atom. The van der Waals surface area contributed by atoms with E-state index in [2.05, 4.69) is 28.1 Å². The first-order valence-electron chi connectivity index (χ1n) is 12.8. The minimum absolute atomic E-state index is 0.110. The molecule has 0 bridgehead atoms. The minimum Gasteiger partial charge on any atom is -0.496 e. The van der Waals surface area contributed by atoms with Crippen LogP contribution >= 0.6 is 0 Å². The molecule has 0 radical (unpaired) electrons. The van der Waals surface area contributed by atoms with Crippen LogP contribution in [0.15, 0.2) is 48.5 Å². The van der Waals surface area contributed by atoms with Crippen LogP contribution < -0.4 is 4.74 Å². The lowest BCUT2D eigenvalue weighted by atomic mass is 9.64. The highest BCUT2D eigenvalue weighted by molar-refractivity contribution is 5.91. The summed E-state index contributed by atoms with van der Waals surface area (Å²) >= 11 is 0. The molecule has 5 atom stereocenters. The zero-order valence-corrected chi connectivity index (χ0v) is 20.5. The highest BCUT2D eigenvalue weighted by Crippen LogP contribution is 2.50. The van der Waals surface area contributed by atoms with Gasteiger partial charge in [-0.2, -0.15) is 0 Å². The Balaban J connectivity index is 1.30. The average molecular weight is 475 g/mol. The number of aromatic nitrogens is 1. The maximum absolute atomic E-state index is 13.1. The number of rotatable bonds is 5. The molecule has 6 heteroatoms. The van der Waals surface area contributed by atoms with Crippen LogP contribution in [0.1, 0.15) is 42.1 Å². The summed E-state index contributed by atoms with van der Waals surface area (Å²) in [5, 5.41) is 1.21. The molecular weight excluding hydrogens is 440 g/mol. The molecule has 1 saturated carbocycles. The number of hydrogen-bond acceptors (Lipinski definition) is 5. The van der Waals surface area contributed by atoms with Gasteiger partial charge in [-0.25, -0.2) is 0 Å². The molecule has 6 rings (SSSR count). The summed E-state index contributed by atoms with van der Waals surface area (Å²) in [6, 6.07) is 16.7. The quantitative estimate of drug-likeness (QED) is 0.534. The Bertz CT molecular complexity index is 1210. The van der Waals surface area contributed by atoms with Crippen molar-refractivity contribution in [3.63, 3.8) is 0 Å². The molecule has 0 unspecified atom stereocenters. The molecule has 184 valence electrons. The summed E-state index contributed by atoms with van der Waals surface area (Å²) in [6.45, 7) is 2.60. The van der Waals surface area contributed by atoms with Crippen LogP contribution in [0.3, 0.4) is 0 Å². The minimum atomic E-state index is -0.228. The van der Waals surface area contributed by atoms with Crippen molar-refractivity contribution in [1.29, 1.82) is 0 Å². The summed E-state index contributed by atoms with van der Waals surface area (Å²) in [5.74, 6) is 1.32. The third kappa shape index (κ3) is 3.93. The van der Waals surface area contributed by atoms with Gasteiger partial charge in [-0.15, -0.1) is 0 Å². The van der Waals surface area contributed by atoms with Crippen LogP contribution in [0.4, 0.5) is 0 Å². The molecule has 0 spiro atoms. The topological polar surface area (TPSA) is 63.8 Å². The molecule has 6 nitrogen and oxygen atoms in total. The SMILES string of the molecule is COC(=O)[C@H]1[C@H]2C[C@@H]3c4[nH]c5cccc(OC)c5c4CCN3C[C@H]2CC[C@H]1OCc1ccccc1. The average Bonchev–Trinajstić information content (AvgIpc) is 3.30. The smallest absolute Gasteiger partial charge is 0.311 e. The molecule has 1 aliphatic carbocycles. The number of aromatic amines is 1. The monoisotopic (exact) mass is 474 g/mol. The Labute approximate surface area is 206 Å².